The molecule has 1 saturated carbocycles. The predicted octanol–water partition coefficient (Wildman–Crippen LogP) is 7.52. The van der Waals surface area contributed by atoms with Crippen molar-refractivity contribution in [3.63, 3.8) is 0 Å². The molecule has 0 bridgehead atoms. The van der Waals surface area contributed by atoms with Crippen LogP contribution in [0.3, 0.4) is 0 Å². The molecular formula is C42H37Cl2N3O8S. The molecule has 0 spiro atoms. The number of rotatable bonds is 10. The van der Waals surface area contributed by atoms with Gasteiger partial charge < -0.3 is 19.3 Å². The molecule has 6 atom stereocenters. The Bertz CT molecular complexity index is 2290. The van der Waals surface area contributed by atoms with Crippen molar-refractivity contribution in [1.29, 1.82) is 0 Å². The summed E-state index contributed by atoms with van der Waals surface area (Å²) < 4.78 is 16.3. The van der Waals surface area contributed by atoms with Gasteiger partial charge in [0.05, 0.1) is 61.8 Å². The number of anilines is 1. The number of benzene rings is 3. The molecule has 8 rings (SSSR count). The fourth-order valence-electron chi connectivity index (χ4n) is 9.09. The summed E-state index contributed by atoms with van der Waals surface area (Å²) >= 11 is 14.2. The highest BCUT2D eigenvalue weighted by atomic mass is 35.5. The first-order chi connectivity index (χ1) is 27.0. The van der Waals surface area contributed by atoms with Gasteiger partial charge in [-0.1, -0.05) is 65.2 Å². The highest BCUT2D eigenvalue weighted by Gasteiger charge is 2.69. The number of hydrogen-bond donors (Lipinski definition) is 2. The molecule has 4 aromatic rings. The van der Waals surface area contributed by atoms with Gasteiger partial charge in [-0.25, -0.2) is 0 Å². The van der Waals surface area contributed by atoms with Crippen molar-refractivity contribution in [2.45, 2.75) is 24.8 Å². The summed E-state index contributed by atoms with van der Waals surface area (Å²) in [5, 5.41) is 14.2. The van der Waals surface area contributed by atoms with Crippen LogP contribution in [0.1, 0.15) is 28.8 Å². The molecule has 3 aromatic carbocycles. The van der Waals surface area contributed by atoms with Gasteiger partial charge in [0.25, 0.3) is 11.8 Å². The molecule has 14 heteroatoms. The molecule has 56 heavy (non-hydrogen) atoms. The van der Waals surface area contributed by atoms with Gasteiger partial charge in [0.2, 0.25) is 17.6 Å². The number of thiophene rings is 1. The van der Waals surface area contributed by atoms with Crippen molar-refractivity contribution < 1.29 is 38.5 Å². The number of allylic oxidation sites excluding steroid dienone is 3. The third-order valence-corrected chi connectivity index (χ3v) is 13.0. The Morgan fingerprint density at radius 1 is 0.911 bits per heavy atom. The van der Waals surface area contributed by atoms with Crippen molar-refractivity contribution in [1.82, 2.24) is 9.91 Å². The van der Waals surface area contributed by atoms with Gasteiger partial charge in [0, 0.05) is 15.8 Å². The average molecular weight is 815 g/mol. The molecule has 2 N–H and O–H groups in total. The smallest absolute Gasteiger partial charge is 0.260 e. The van der Waals surface area contributed by atoms with Crippen LogP contribution in [0.5, 0.6) is 23.0 Å². The van der Waals surface area contributed by atoms with Crippen molar-refractivity contribution in [2.24, 2.45) is 29.6 Å². The number of likely N-dealkylation sites (tertiary alicyclic amines) is 1. The largest absolute Gasteiger partial charge is 0.502 e. The van der Waals surface area contributed by atoms with Gasteiger partial charge >= 0.3 is 0 Å². The monoisotopic (exact) mass is 813 g/mol. The van der Waals surface area contributed by atoms with Crippen LogP contribution in [0.4, 0.5) is 5.69 Å². The third kappa shape index (κ3) is 5.93. The van der Waals surface area contributed by atoms with Crippen LogP contribution in [0.25, 0.3) is 6.08 Å². The van der Waals surface area contributed by atoms with E-state index < -0.39 is 46.8 Å². The van der Waals surface area contributed by atoms with E-state index in [9.17, 15) is 19.5 Å². The Morgan fingerprint density at radius 2 is 1.64 bits per heavy atom. The van der Waals surface area contributed by atoms with E-state index in [0.29, 0.717) is 34.0 Å². The summed E-state index contributed by atoms with van der Waals surface area (Å²) in [6, 6.07) is 18.8. The lowest BCUT2D eigenvalue weighted by atomic mass is 9.50. The molecule has 0 radical (unpaired) electrons. The van der Waals surface area contributed by atoms with Crippen LogP contribution >= 0.6 is 34.5 Å². The standard InChI is InChI=1S/C42H37Cl2N3O8S/c1-53-25-10-7-23(8-11-25)42-30(14-6-22-17-34(54-2)37(48)35(18-22)55-3)27-12-13-28-36(40(51)46(38(28)49)21-26-5-4-16-56-26)29(27)20-31(42)39(50)47(41(42)52)45-33-15-9-24(43)19-32(33)44/h4-12,14-19,28-31,36,45,48H,13,20-21H2,1-3H3/t28-,29+,30-,31-,36-,42-/m0/s1. The molecule has 4 aliphatic rings. The average Bonchev–Trinajstić information content (AvgIpc) is 3.87. The zero-order valence-electron chi connectivity index (χ0n) is 30.5. The van der Waals surface area contributed by atoms with E-state index in [4.69, 9.17) is 37.4 Å². The molecule has 2 saturated heterocycles. The maximum atomic E-state index is 15.4. The molecule has 2 aliphatic heterocycles. The number of phenols is 1. The van der Waals surface area contributed by atoms with Gasteiger partial charge in [-0.15, -0.1) is 11.3 Å². The molecule has 3 fully saturated rings. The number of nitrogens with one attached hydrogen (secondary N) is 1. The van der Waals surface area contributed by atoms with Crippen LogP contribution in [0.2, 0.25) is 10.0 Å². The number of amides is 4. The number of carbonyl (C=O) groups is 4. The lowest BCUT2D eigenvalue weighted by Crippen LogP contribution is -2.54. The second-order valence-electron chi connectivity index (χ2n) is 14.2. The second-order valence-corrected chi connectivity index (χ2v) is 16.1. The van der Waals surface area contributed by atoms with E-state index in [1.165, 1.54) is 36.5 Å². The highest BCUT2D eigenvalue weighted by molar-refractivity contribution is 7.09. The van der Waals surface area contributed by atoms with E-state index in [1.54, 1.807) is 61.7 Å². The van der Waals surface area contributed by atoms with Crippen LogP contribution in [0, 0.1) is 29.6 Å². The number of ether oxygens (including phenoxy) is 3. The van der Waals surface area contributed by atoms with Crippen LogP contribution in [-0.4, -0.2) is 60.0 Å². The van der Waals surface area contributed by atoms with E-state index >= 15 is 4.79 Å². The van der Waals surface area contributed by atoms with E-state index in [1.807, 2.05) is 29.7 Å². The molecule has 288 valence electrons. The maximum absolute atomic E-state index is 15.4. The van der Waals surface area contributed by atoms with Gasteiger partial charge in [0.15, 0.2) is 11.5 Å². The van der Waals surface area contributed by atoms with Crippen molar-refractivity contribution in [3.05, 3.63) is 116 Å². The van der Waals surface area contributed by atoms with Crippen LogP contribution < -0.4 is 19.6 Å². The van der Waals surface area contributed by atoms with Crippen molar-refractivity contribution in [2.75, 3.05) is 26.8 Å². The maximum Gasteiger partial charge on any atom is 0.260 e. The first-order valence-corrected chi connectivity index (χ1v) is 19.6. The normalized spacial score (nSPS) is 25.6. The first-order valence-electron chi connectivity index (χ1n) is 18.0. The molecule has 2 aliphatic carbocycles. The summed E-state index contributed by atoms with van der Waals surface area (Å²) in [4.78, 5) is 60.9. The van der Waals surface area contributed by atoms with Gasteiger partial charge in [-0.2, -0.15) is 5.01 Å². The fraction of sp³-hybridized carbons (Fsp3) is 0.286. The number of imide groups is 2. The summed E-state index contributed by atoms with van der Waals surface area (Å²) in [6.45, 7) is 0.175. The quantitative estimate of drug-likeness (QED) is 0.123. The molecule has 3 heterocycles. The Hall–Kier alpha value is -5.30. The zero-order valence-corrected chi connectivity index (χ0v) is 32.9. The molecular weight excluding hydrogens is 777 g/mol. The Kier molecular flexibility index (Phi) is 9.84. The number of hydrogen-bond acceptors (Lipinski definition) is 10. The SMILES string of the molecule is COc1ccc([C@@]23C(=O)N(Nc4ccc(Cl)cc4Cl)C(=O)[C@@H]2C[C@@H]2C(=CC[C@@H]4C(=O)N(Cc5cccs5)C(=O)[C@@H]42)[C@@H]3C=Cc2cc(OC)c(O)c(OC)c2)cc1. The van der Waals surface area contributed by atoms with Crippen LogP contribution in [0.15, 0.2) is 89.8 Å². The number of hydrazine groups is 1. The minimum atomic E-state index is -1.52. The van der Waals surface area contributed by atoms with Gasteiger partial charge in [0.1, 0.15) is 5.75 Å². The third-order valence-electron chi connectivity index (χ3n) is 11.6. The molecule has 0 unspecified atom stereocenters. The van der Waals surface area contributed by atoms with Gasteiger partial charge in [-0.05, 0) is 83.8 Å². The summed E-state index contributed by atoms with van der Waals surface area (Å²) in [5.74, 6) is -4.42. The summed E-state index contributed by atoms with van der Waals surface area (Å²) in [5.41, 5.74) is 3.73. The topological polar surface area (TPSA) is 135 Å². The minimum absolute atomic E-state index is 0.132. The van der Waals surface area contributed by atoms with Gasteiger partial charge in [-0.3, -0.25) is 29.5 Å². The minimum Gasteiger partial charge on any atom is -0.502 e. The summed E-state index contributed by atoms with van der Waals surface area (Å²) in [7, 11) is 4.40. The molecule has 4 amide bonds. The summed E-state index contributed by atoms with van der Waals surface area (Å²) in [6.07, 6.45) is 6.08. The van der Waals surface area contributed by atoms with E-state index in [-0.39, 0.29) is 47.1 Å². The second kappa shape index (κ2) is 14.6. The number of nitrogens with zero attached hydrogens (tertiary/aromatic N) is 2. The zero-order chi connectivity index (χ0) is 39.5. The number of methoxy groups -OCH3 is 3. The number of fused-ring (bicyclic) bond motifs is 4. The molecule has 11 nitrogen and oxygen atoms in total. The highest BCUT2D eigenvalue weighted by Crippen LogP contribution is 2.62. The molecule has 1 aromatic heterocycles. The number of phenolic OH excluding ortho intramolecular Hbond substituents is 1. The number of halogens is 2. The van der Waals surface area contributed by atoms with E-state index in [0.717, 1.165) is 15.5 Å². The predicted molar refractivity (Wildman–Crippen MR) is 211 cm³/mol. The Balaban J connectivity index is 1.31. The Morgan fingerprint density at radius 3 is 2.29 bits per heavy atom. The fourth-order valence-corrected chi connectivity index (χ4v) is 10.2. The lowest BCUT2D eigenvalue weighted by molar-refractivity contribution is -0.141. The first kappa shape index (κ1) is 37.6. The number of carbonyl (C=O) groups excluding carboxylic acids is 4. The van der Waals surface area contributed by atoms with Crippen molar-refractivity contribution in [3.8, 4) is 23.0 Å². The van der Waals surface area contributed by atoms with Crippen LogP contribution in [-0.2, 0) is 31.1 Å². The van der Waals surface area contributed by atoms with Crippen molar-refractivity contribution >= 4 is 69.9 Å². The number of aromatic hydroxyl groups is 1. The Labute approximate surface area is 337 Å². The van der Waals surface area contributed by atoms with E-state index in [2.05, 4.69) is 5.43 Å². The lowest BCUT2D eigenvalue weighted by Gasteiger charge is -2.49.